The van der Waals surface area contributed by atoms with Gasteiger partial charge in [-0.15, -0.1) is 0 Å². The summed E-state index contributed by atoms with van der Waals surface area (Å²) in [6, 6.07) is 18.2. The molecule has 1 amide bonds. The lowest BCUT2D eigenvalue weighted by atomic mass is 10.1. The Labute approximate surface area is 207 Å². The summed E-state index contributed by atoms with van der Waals surface area (Å²) in [6.45, 7) is 6.15. The summed E-state index contributed by atoms with van der Waals surface area (Å²) in [6.07, 6.45) is 2.97. The van der Waals surface area contributed by atoms with Gasteiger partial charge in [-0.2, -0.15) is 5.10 Å². The molecule has 8 heteroatoms. The maximum atomic E-state index is 12.2. The van der Waals surface area contributed by atoms with E-state index in [1.54, 1.807) is 14.2 Å². The predicted octanol–water partition coefficient (Wildman–Crippen LogP) is 2.82. The zero-order valence-electron chi connectivity index (χ0n) is 20.7. The molecule has 3 aromatic rings. The number of hydrogen-bond donors (Lipinski definition) is 1. The first-order valence-corrected chi connectivity index (χ1v) is 12.1. The summed E-state index contributed by atoms with van der Waals surface area (Å²) in [7, 11) is 3.35. The van der Waals surface area contributed by atoms with E-state index in [-0.39, 0.29) is 5.91 Å². The summed E-state index contributed by atoms with van der Waals surface area (Å²) in [5, 5.41) is 7.92. The maximum Gasteiger partial charge on any atom is 0.234 e. The van der Waals surface area contributed by atoms with E-state index < -0.39 is 0 Å². The van der Waals surface area contributed by atoms with Crippen LogP contribution in [-0.4, -0.2) is 85.6 Å². The van der Waals surface area contributed by atoms with Crippen molar-refractivity contribution in [2.45, 2.75) is 13.0 Å². The number of nitrogens with one attached hydrogen (secondary N) is 1. The fourth-order valence-corrected chi connectivity index (χ4v) is 4.28. The number of piperazine rings is 1. The van der Waals surface area contributed by atoms with Crippen LogP contribution in [0.3, 0.4) is 0 Å². The van der Waals surface area contributed by atoms with Crippen LogP contribution in [0.15, 0.2) is 60.8 Å². The number of carbonyl (C=O) groups is 1. The number of rotatable bonds is 11. The Morgan fingerprint density at radius 2 is 1.69 bits per heavy atom. The van der Waals surface area contributed by atoms with E-state index in [9.17, 15) is 4.79 Å². The van der Waals surface area contributed by atoms with E-state index in [4.69, 9.17) is 14.6 Å². The van der Waals surface area contributed by atoms with Crippen LogP contribution in [0.1, 0.15) is 12.0 Å². The molecule has 0 saturated carbocycles. The lowest BCUT2D eigenvalue weighted by Gasteiger charge is -2.34. The standard InChI is InChI=1S/C27H35N5O3/c1-34-18-6-13-28-26(33)21-31-16-14-30(15-17-31)19-23-20-32(24-7-4-3-5-8-24)29-27(23)22-9-11-25(35-2)12-10-22/h3-5,7-12,20H,6,13-19,21H2,1-2H3,(H,28,33). The summed E-state index contributed by atoms with van der Waals surface area (Å²) in [4.78, 5) is 16.9. The first kappa shape index (κ1) is 24.9. The number of carbonyl (C=O) groups excluding carboxylic acids is 1. The minimum atomic E-state index is 0.0838. The van der Waals surface area contributed by atoms with Crippen molar-refractivity contribution in [3.05, 3.63) is 66.4 Å². The molecule has 1 aliphatic heterocycles. The third-order valence-electron chi connectivity index (χ3n) is 6.25. The average Bonchev–Trinajstić information content (AvgIpc) is 3.32. The van der Waals surface area contributed by atoms with Gasteiger partial charge in [0.15, 0.2) is 0 Å². The van der Waals surface area contributed by atoms with Crippen LogP contribution in [0.4, 0.5) is 0 Å². The quantitative estimate of drug-likeness (QED) is 0.428. The Morgan fingerprint density at radius 1 is 0.971 bits per heavy atom. The van der Waals surface area contributed by atoms with E-state index in [1.165, 1.54) is 5.56 Å². The van der Waals surface area contributed by atoms with Gasteiger partial charge in [-0.3, -0.25) is 14.6 Å². The van der Waals surface area contributed by atoms with Crippen LogP contribution < -0.4 is 10.1 Å². The van der Waals surface area contributed by atoms with Crippen LogP contribution in [0.25, 0.3) is 16.9 Å². The van der Waals surface area contributed by atoms with Gasteiger partial charge in [0.2, 0.25) is 5.91 Å². The van der Waals surface area contributed by atoms with Crippen LogP contribution in [0, 0.1) is 0 Å². The van der Waals surface area contributed by atoms with Crippen molar-refractivity contribution < 1.29 is 14.3 Å². The Kier molecular flexibility index (Phi) is 8.89. The number of hydrogen-bond acceptors (Lipinski definition) is 6. The number of nitrogens with zero attached hydrogens (tertiary/aromatic N) is 4. The summed E-state index contributed by atoms with van der Waals surface area (Å²) in [5.74, 6) is 0.914. The van der Waals surface area contributed by atoms with Gasteiger partial charge in [-0.1, -0.05) is 18.2 Å². The largest absolute Gasteiger partial charge is 0.497 e. The van der Waals surface area contributed by atoms with Gasteiger partial charge in [0, 0.05) is 70.3 Å². The van der Waals surface area contributed by atoms with Crippen molar-refractivity contribution in [3.8, 4) is 22.7 Å². The minimum absolute atomic E-state index is 0.0838. The van der Waals surface area contributed by atoms with Gasteiger partial charge in [0.05, 0.1) is 25.0 Å². The van der Waals surface area contributed by atoms with Gasteiger partial charge >= 0.3 is 0 Å². The van der Waals surface area contributed by atoms with Gasteiger partial charge in [-0.25, -0.2) is 4.68 Å². The number of amides is 1. The Morgan fingerprint density at radius 3 is 2.37 bits per heavy atom. The zero-order valence-corrected chi connectivity index (χ0v) is 20.7. The van der Waals surface area contributed by atoms with Crippen molar-refractivity contribution in [3.63, 3.8) is 0 Å². The predicted molar refractivity (Wildman–Crippen MR) is 137 cm³/mol. The third kappa shape index (κ3) is 6.91. The van der Waals surface area contributed by atoms with Gasteiger partial charge in [0.25, 0.3) is 0 Å². The van der Waals surface area contributed by atoms with Crippen molar-refractivity contribution in [1.29, 1.82) is 0 Å². The molecule has 1 aliphatic rings. The zero-order chi connectivity index (χ0) is 24.5. The normalized spacial score (nSPS) is 14.7. The topological polar surface area (TPSA) is 71.9 Å². The molecule has 35 heavy (non-hydrogen) atoms. The second-order valence-electron chi connectivity index (χ2n) is 8.76. The summed E-state index contributed by atoms with van der Waals surface area (Å²) >= 11 is 0. The second-order valence-corrected chi connectivity index (χ2v) is 8.76. The summed E-state index contributed by atoms with van der Waals surface area (Å²) in [5.41, 5.74) is 4.27. The van der Waals surface area contributed by atoms with E-state index in [1.807, 2.05) is 35.0 Å². The SMILES string of the molecule is COCCCNC(=O)CN1CCN(Cc2cn(-c3ccccc3)nc2-c2ccc(OC)cc2)CC1. The van der Waals surface area contributed by atoms with Gasteiger partial charge in [0.1, 0.15) is 5.75 Å². The highest BCUT2D eigenvalue weighted by atomic mass is 16.5. The molecule has 1 fully saturated rings. The minimum Gasteiger partial charge on any atom is -0.497 e. The van der Waals surface area contributed by atoms with Gasteiger partial charge in [-0.05, 0) is 42.8 Å². The van der Waals surface area contributed by atoms with Crippen LogP contribution in [0.2, 0.25) is 0 Å². The molecule has 1 aromatic heterocycles. The molecule has 186 valence electrons. The van der Waals surface area contributed by atoms with Crippen molar-refractivity contribution >= 4 is 5.91 Å². The number of ether oxygens (including phenoxy) is 2. The molecule has 1 N–H and O–H groups in total. The van der Waals surface area contributed by atoms with Crippen molar-refractivity contribution in [1.82, 2.24) is 24.9 Å². The second kappa shape index (κ2) is 12.5. The molecule has 0 unspecified atom stereocenters. The fourth-order valence-electron chi connectivity index (χ4n) is 4.28. The smallest absolute Gasteiger partial charge is 0.234 e. The van der Waals surface area contributed by atoms with E-state index in [0.717, 1.165) is 61.8 Å². The van der Waals surface area contributed by atoms with Gasteiger partial charge < -0.3 is 14.8 Å². The molecular formula is C27H35N5O3. The number of aromatic nitrogens is 2. The van der Waals surface area contributed by atoms with Crippen LogP contribution in [-0.2, 0) is 16.1 Å². The third-order valence-corrected chi connectivity index (χ3v) is 6.25. The van der Waals surface area contributed by atoms with E-state index in [0.29, 0.717) is 19.7 Å². The Hall–Kier alpha value is -3.20. The van der Waals surface area contributed by atoms with Crippen LogP contribution in [0.5, 0.6) is 5.75 Å². The van der Waals surface area contributed by atoms with Crippen LogP contribution >= 0.6 is 0 Å². The fraction of sp³-hybridized carbons (Fsp3) is 0.407. The van der Waals surface area contributed by atoms with E-state index in [2.05, 4.69) is 45.6 Å². The molecule has 0 spiro atoms. The molecule has 4 rings (SSSR count). The average molecular weight is 478 g/mol. The Bertz CT molecular complexity index is 1060. The molecular weight excluding hydrogens is 442 g/mol. The number of methoxy groups -OCH3 is 2. The molecule has 0 atom stereocenters. The molecule has 2 aromatic carbocycles. The maximum absolute atomic E-state index is 12.2. The molecule has 0 bridgehead atoms. The highest BCUT2D eigenvalue weighted by Crippen LogP contribution is 2.27. The molecule has 8 nitrogen and oxygen atoms in total. The number of para-hydroxylation sites is 1. The van der Waals surface area contributed by atoms with E-state index >= 15 is 0 Å². The summed E-state index contributed by atoms with van der Waals surface area (Å²) < 4.78 is 12.3. The Balaban J connectivity index is 1.40. The molecule has 1 saturated heterocycles. The molecule has 0 aliphatic carbocycles. The molecule has 0 radical (unpaired) electrons. The van der Waals surface area contributed by atoms with Crippen molar-refractivity contribution in [2.75, 3.05) is 60.1 Å². The lowest BCUT2D eigenvalue weighted by molar-refractivity contribution is -0.122. The number of benzene rings is 2. The lowest BCUT2D eigenvalue weighted by Crippen LogP contribution is -2.49. The molecule has 2 heterocycles. The van der Waals surface area contributed by atoms with Crippen molar-refractivity contribution in [2.24, 2.45) is 0 Å². The monoisotopic (exact) mass is 477 g/mol. The first-order valence-electron chi connectivity index (χ1n) is 12.1. The highest BCUT2D eigenvalue weighted by Gasteiger charge is 2.21. The highest BCUT2D eigenvalue weighted by molar-refractivity contribution is 5.78. The first-order chi connectivity index (χ1) is 17.2.